The zero-order valence-corrected chi connectivity index (χ0v) is 27.8. The fourth-order valence-corrected chi connectivity index (χ4v) is 7.59. The van der Waals surface area contributed by atoms with Crippen LogP contribution in [0.1, 0.15) is 11.1 Å². The summed E-state index contributed by atoms with van der Waals surface area (Å²) in [5.41, 5.74) is -4.06. The van der Waals surface area contributed by atoms with Crippen LogP contribution in [0.15, 0.2) is 112 Å². The Morgan fingerprint density at radius 3 is 1.52 bits per heavy atom. The average molecular weight is 754 g/mol. The van der Waals surface area contributed by atoms with E-state index in [1.54, 1.807) is 0 Å². The molecule has 0 fully saturated rings. The van der Waals surface area contributed by atoms with E-state index < -0.39 is 73.6 Å². The third-order valence-electron chi connectivity index (χ3n) is 7.55. The average Bonchev–Trinajstić information content (AvgIpc) is 3.02. The van der Waals surface area contributed by atoms with Crippen LogP contribution >= 0.6 is 0 Å². The predicted octanol–water partition coefficient (Wildman–Crippen LogP) is 6.89. The lowest BCUT2D eigenvalue weighted by molar-refractivity contribution is -0.137. The Hall–Kier alpha value is -4.55. The van der Waals surface area contributed by atoms with Gasteiger partial charge in [0, 0.05) is 23.4 Å². The molecular weight excluding hydrogens is 731 g/mol. The Balaban J connectivity index is 1.70. The van der Waals surface area contributed by atoms with E-state index >= 15 is 0 Å². The number of primary sulfonamides is 2. The van der Waals surface area contributed by atoms with Crippen LogP contribution in [0.5, 0.6) is 0 Å². The summed E-state index contributed by atoms with van der Waals surface area (Å²) in [5, 5.41) is 10.6. The lowest BCUT2D eigenvalue weighted by Crippen LogP contribution is -2.14. The van der Waals surface area contributed by atoms with E-state index in [0.29, 0.717) is 6.07 Å². The van der Waals surface area contributed by atoms with E-state index in [1.807, 2.05) is 0 Å². The minimum absolute atomic E-state index is 0.0717. The van der Waals surface area contributed by atoms with Crippen molar-refractivity contribution in [3.05, 3.63) is 114 Å². The predicted molar refractivity (Wildman–Crippen MR) is 173 cm³/mol. The van der Waals surface area contributed by atoms with Crippen molar-refractivity contribution >= 4 is 29.9 Å². The standard InChI is InChI=1S/C33H23F6N2O6S3/c1-48(42,43)30-17-22(27-14-10-21(18-31(27)50(41,46)47)24-7-2-3-8-28(24)32(34,35)36)11-13-26(30)20-9-12-25(29(16-20)33(37,38)39)19-5-4-6-23(15-19)49(40,44)45/h2-5,7-18H,1H3,(H2,40,44,45)(H2,41,46,47). The van der Waals surface area contributed by atoms with Gasteiger partial charge in [0.1, 0.15) is 0 Å². The highest BCUT2D eigenvalue weighted by atomic mass is 32.2. The number of hydrogen-bond acceptors (Lipinski definition) is 6. The summed E-state index contributed by atoms with van der Waals surface area (Å²) in [6, 6.07) is 19.5. The Kier molecular flexibility index (Phi) is 9.29. The molecule has 0 aliphatic heterocycles. The third kappa shape index (κ3) is 7.61. The van der Waals surface area contributed by atoms with Crippen molar-refractivity contribution in [1.29, 1.82) is 0 Å². The summed E-state index contributed by atoms with van der Waals surface area (Å²) in [4.78, 5) is -1.70. The van der Waals surface area contributed by atoms with E-state index in [-0.39, 0.29) is 38.9 Å². The topological polar surface area (TPSA) is 154 Å². The Morgan fingerprint density at radius 1 is 0.520 bits per heavy atom. The van der Waals surface area contributed by atoms with Crippen molar-refractivity contribution < 1.29 is 51.6 Å². The molecule has 0 bridgehead atoms. The van der Waals surface area contributed by atoms with Gasteiger partial charge in [0.05, 0.1) is 25.8 Å². The van der Waals surface area contributed by atoms with Crippen LogP contribution in [0.2, 0.25) is 0 Å². The fraction of sp³-hybridized carbons (Fsp3) is 0.0909. The summed E-state index contributed by atoms with van der Waals surface area (Å²) in [6.45, 7) is 0. The first-order valence-corrected chi connectivity index (χ1v) is 18.9. The molecule has 261 valence electrons. The number of rotatable bonds is 7. The maximum absolute atomic E-state index is 14.4. The van der Waals surface area contributed by atoms with Gasteiger partial charge in [-0.1, -0.05) is 66.7 Å². The Labute approximate surface area is 283 Å². The molecular formula is C33H23F6N2O6S3. The van der Waals surface area contributed by atoms with Gasteiger partial charge in [0.25, 0.3) is 0 Å². The maximum atomic E-state index is 14.4. The van der Waals surface area contributed by atoms with E-state index in [4.69, 9.17) is 10.3 Å². The second-order valence-electron chi connectivity index (χ2n) is 11.0. The first-order chi connectivity index (χ1) is 23.0. The summed E-state index contributed by atoms with van der Waals surface area (Å²) in [7, 11) is -13.2. The van der Waals surface area contributed by atoms with Crippen molar-refractivity contribution in [3.63, 3.8) is 0 Å². The number of benzene rings is 5. The molecule has 5 aromatic rings. The van der Waals surface area contributed by atoms with Crippen molar-refractivity contribution in [2.45, 2.75) is 27.0 Å². The molecule has 0 heterocycles. The second-order valence-corrected chi connectivity index (χ2v) is 16.1. The van der Waals surface area contributed by atoms with Crippen molar-refractivity contribution in [2.24, 2.45) is 10.3 Å². The monoisotopic (exact) mass is 753 g/mol. The lowest BCUT2D eigenvalue weighted by atomic mass is 9.93. The van der Waals surface area contributed by atoms with Crippen LogP contribution in [-0.4, -0.2) is 31.5 Å². The minimum atomic E-state index is -5.01. The summed E-state index contributed by atoms with van der Waals surface area (Å²) < 4.78 is 159. The van der Waals surface area contributed by atoms with Gasteiger partial charge < -0.3 is 0 Å². The van der Waals surface area contributed by atoms with Gasteiger partial charge >= 0.3 is 12.4 Å². The molecule has 1 radical (unpaired) electrons. The van der Waals surface area contributed by atoms with Crippen LogP contribution in [0.4, 0.5) is 26.3 Å². The van der Waals surface area contributed by atoms with Gasteiger partial charge in [-0.2, -0.15) is 26.3 Å². The molecule has 0 unspecified atom stereocenters. The second kappa shape index (κ2) is 12.6. The van der Waals surface area contributed by atoms with E-state index in [9.17, 15) is 51.6 Å². The first-order valence-electron chi connectivity index (χ1n) is 13.9. The summed E-state index contributed by atoms with van der Waals surface area (Å²) >= 11 is 0. The molecule has 50 heavy (non-hydrogen) atoms. The number of hydrogen-bond donors (Lipinski definition) is 2. The van der Waals surface area contributed by atoms with Gasteiger partial charge in [0.2, 0.25) is 20.0 Å². The molecule has 0 saturated carbocycles. The van der Waals surface area contributed by atoms with Crippen molar-refractivity contribution in [3.8, 4) is 44.5 Å². The van der Waals surface area contributed by atoms with Gasteiger partial charge in [-0.25, -0.2) is 35.5 Å². The van der Waals surface area contributed by atoms with Crippen molar-refractivity contribution in [1.82, 2.24) is 0 Å². The number of halogens is 6. The molecule has 5 rings (SSSR count). The fourth-order valence-electron chi connectivity index (χ4n) is 5.36. The molecule has 8 nitrogen and oxygen atoms in total. The first kappa shape index (κ1) is 36.7. The van der Waals surface area contributed by atoms with E-state index in [2.05, 4.69) is 6.07 Å². The van der Waals surface area contributed by atoms with Gasteiger partial charge in [-0.15, -0.1) is 0 Å². The largest absolute Gasteiger partial charge is 0.417 e. The smallest absolute Gasteiger partial charge is 0.225 e. The van der Waals surface area contributed by atoms with Crippen molar-refractivity contribution in [2.75, 3.05) is 6.26 Å². The minimum Gasteiger partial charge on any atom is -0.225 e. The molecule has 0 aliphatic rings. The molecule has 17 heteroatoms. The molecule has 5 aromatic carbocycles. The van der Waals surface area contributed by atoms with Gasteiger partial charge in [-0.05, 0) is 63.7 Å². The van der Waals surface area contributed by atoms with E-state index in [1.165, 1.54) is 30.3 Å². The van der Waals surface area contributed by atoms with Crippen LogP contribution in [0.25, 0.3) is 44.5 Å². The van der Waals surface area contributed by atoms with Crippen LogP contribution in [-0.2, 0) is 42.2 Å². The highest BCUT2D eigenvalue weighted by molar-refractivity contribution is 7.91. The van der Waals surface area contributed by atoms with Gasteiger partial charge in [-0.3, -0.25) is 0 Å². The molecule has 0 aromatic heterocycles. The summed E-state index contributed by atoms with van der Waals surface area (Å²) in [6.07, 6.45) is -9.01. The van der Waals surface area contributed by atoms with Gasteiger partial charge in [0.15, 0.2) is 9.84 Å². The number of sulfonamides is 2. The maximum Gasteiger partial charge on any atom is 0.417 e. The zero-order valence-electron chi connectivity index (χ0n) is 25.3. The molecule has 4 N–H and O–H groups in total. The number of nitrogens with two attached hydrogens (primary N) is 2. The molecule has 0 atom stereocenters. The third-order valence-corrected chi connectivity index (χ3v) is 10.5. The molecule has 0 spiro atoms. The molecule has 0 amide bonds. The number of alkyl halides is 6. The Morgan fingerprint density at radius 2 is 0.980 bits per heavy atom. The molecule has 0 aliphatic carbocycles. The normalized spacial score (nSPS) is 13.0. The van der Waals surface area contributed by atoms with Crippen LogP contribution in [0, 0.1) is 6.07 Å². The molecule has 0 saturated heterocycles. The summed E-state index contributed by atoms with van der Waals surface area (Å²) in [5.74, 6) is 0. The van der Waals surface area contributed by atoms with Crippen LogP contribution < -0.4 is 10.3 Å². The SMILES string of the molecule is CS(=O)(=O)c1cc(-c2ccc(-c3ccccc3C(F)(F)F)cc2S(N)(=O)=O)ccc1-c1ccc(-c2cc[c]c(S(N)(=O)=O)c2)c(C(F)(F)F)c1. The quantitative estimate of drug-likeness (QED) is 0.173. The van der Waals surface area contributed by atoms with E-state index in [0.717, 1.165) is 66.9 Å². The van der Waals surface area contributed by atoms with Crippen LogP contribution in [0.3, 0.4) is 0 Å². The highest BCUT2D eigenvalue weighted by Crippen LogP contribution is 2.43. The number of sulfone groups is 1. The zero-order chi connectivity index (χ0) is 37.0. The highest BCUT2D eigenvalue weighted by Gasteiger charge is 2.35. The Bertz CT molecular complexity index is 2500. The lowest BCUT2D eigenvalue weighted by Gasteiger charge is -2.18.